The van der Waals surface area contributed by atoms with Gasteiger partial charge in [-0.05, 0) is 28.4 Å². The SMILES string of the molecule is O[C@@H]1COC[C@H]1Cc1cc(Br)cs1. The van der Waals surface area contributed by atoms with Gasteiger partial charge in [-0.2, -0.15) is 0 Å². The van der Waals surface area contributed by atoms with Gasteiger partial charge in [-0.3, -0.25) is 0 Å². The van der Waals surface area contributed by atoms with Crippen molar-refractivity contribution in [3.8, 4) is 0 Å². The molecule has 0 bridgehead atoms. The standard InChI is InChI=1S/C9H11BrO2S/c10-7-2-8(13-5-7)1-6-3-12-4-9(6)11/h2,5-6,9,11H,1,3-4H2/t6-,9-/m1/s1. The van der Waals surface area contributed by atoms with Crippen molar-refractivity contribution in [3.63, 3.8) is 0 Å². The number of thiophene rings is 1. The zero-order chi connectivity index (χ0) is 9.26. The molecule has 0 saturated carbocycles. The molecule has 1 aromatic rings. The highest BCUT2D eigenvalue weighted by atomic mass is 79.9. The fourth-order valence-corrected chi connectivity index (χ4v) is 3.05. The monoisotopic (exact) mass is 262 g/mol. The van der Waals surface area contributed by atoms with Crippen LogP contribution in [0.2, 0.25) is 0 Å². The van der Waals surface area contributed by atoms with Crippen LogP contribution < -0.4 is 0 Å². The van der Waals surface area contributed by atoms with E-state index in [9.17, 15) is 5.11 Å². The lowest BCUT2D eigenvalue weighted by molar-refractivity contribution is 0.118. The topological polar surface area (TPSA) is 29.5 Å². The number of hydrogen-bond donors (Lipinski definition) is 1. The molecule has 0 amide bonds. The Bertz CT molecular complexity index is 287. The molecule has 0 unspecified atom stereocenters. The summed E-state index contributed by atoms with van der Waals surface area (Å²) in [5, 5.41) is 11.6. The van der Waals surface area contributed by atoms with Crippen LogP contribution in [0, 0.1) is 5.92 Å². The maximum atomic E-state index is 9.52. The molecule has 1 aliphatic heterocycles. The maximum Gasteiger partial charge on any atom is 0.0827 e. The summed E-state index contributed by atoms with van der Waals surface area (Å²) >= 11 is 5.14. The minimum atomic E-state index is -0.277. The van der Waals surface area contributed by atoms with Crippen molar-refractivity contribution in [1.29, 1.82) is 0 Å². The van der Waals surface area contributed by atoms with Gasteiger partial charge >= 0.3 is 0 Å². The molecule has 1 N–H and O–H groups in total. The van der Waals surface area contributed by atoms with Crippen LogP contribution >= 0.6 is 27.3 Å². The van der Waals surface area contributed by atoms with Gasteiger partial charge in [-0.25, -0.2) is 0 Å². The van der Waals surface area contributed by atoms with Crippen LogP contribution in [0.15, 0.2) is 15.9 Å². The number of aliphatic hydroxyl groups excluding tert-OH is 1. The van der Waals surface area contributed by atoms with Crippen LogP contribution in [0.4, 0.5) is 0 Å². The second-order valence-electron chi connectivity index (χ2n) is 3.30. The van der Waals surface area contributed by atoms with Crippen LogP contribution in [0.25, 0.3) is 0 Å². The molecule has 1 aromatic heterocycles. The molecule has 0 radical (unpaired) electrons. The number of hydrogen-bond acceptors (Lipinski definition) is 3. The maximum absolute atomic E-state index is 9.52. The normalized spacial score (nSPS) is 28.2. The molecule has 0 spiro atoms. The van der Waals surface area contributed by atoms with Crippen molar-refractivity contribution in [2.45, 2.75) is 12.5 Å². The Morgan fingerprint density at radius 1 is 1.62 bits per heavy atom. The number of rotatable bonds is 2. The zero-order valence-corrected chi connectivity index (χ0v) is 9.47. The van der Waals surface area contributed by atoms with Gasteiger partial charge in [-0.1, -0.05) is 0 Å². The molecule has 1 saturated heterocycles. The largest absolute Gasteiger partial charge is 0.390 e. The molecule has 13 heavy (non-hydrogen) atoms. The van der Waals surface area contributed by atoms with Crippen LogP contribution in [-0.4, -0.2) is 24.4 Å². The second kappa shape index (κ2) is 4.09. The molecule has 2 rings (SSSR count). The van der Waals surface area contributed by atoms with E-state index in [1.165, 1.54) is 4.88 Å². The average molecular weight is 263 g/mol. The van der Waals surface area contributed by atoms with E-state index in [4.69, 9.17) is 4.74 Å². The third-order valence-corrected chi connectivity index (χ3v) is 3.97. The van der Waals surface area contributed by atoms with E-state index < -0.39 is 0 Å². The van der Waals surface area contributed by atoms with Crippen molar-refractivity contribution in [2.75, 3.05) is 13.2 Å². The van der Waals surface area contributed by atoms with Crippen molar-refractivity contribution >= 4 is 27.3 Å². The van der Waals surface area contributed by atoms with Crippen molar-refractivity contribution in [3.05, 3.63) is 20.8 Å². The second-order valence-corrected chi connectivity index (χ2v) is 5.21. The van der Waals surface area contributed by atoms with Crippen LogP contribution in [-0.2, 0) is 11.2 Å². The third kappa shape index (κ3) is 2.31. The predicted octanol–water partition coefficient (Wildman–Crippen LogP) is 2.06. The summed E-state index contributed by atoms with van der Waals surface area (Å²) < 4.78 is 6.32. The number of aliphatic hydroxyl groups is 1. The molecular formula is C9H11BrO2S. The van der Waals surface area contributed by atoms with Crippen molar-refractivity contribution in [1.82, 2.24) is 0 Å². The van der Waals surface area contributed by atoms with Crippen molar-refractivity contribution < 1.29 is 9.84 Å². The minimum Gasteiger partial charge on any atom is -0.390 e. The Morgan fingerprint density at radius 2 is 2.46 bits per heavy atom. The van der Waals surface area contributed by atoms with Gasteiger partial charge in [0.1, 0.15) is 0 Å². The van der Waals surface area contributed by atoms with E-state index in [0.29, 0.717) is 13.2 Å². The summed E-state index contributed by atoms with van der Waals surface area (Å²) in [4.78, 5) is 1.31. The van der Waals surface area contributed by atoms with Gasteiger partial charge in [0.25, 0.3) is 0 Å². The Labute approximate surface area is 89.7 Å². The molecule has 4 heteroatoms. The van der Waals surface area contributed by atoms with E-state index in [0.717, 1.165) is 10.9 Å². The fraction of sp³-hybridized carbons (Fsp3) is 0.556. The molecule has 2 atom stereocenters. The van der Waals surface area contributed by atoms with Gasteiger partial charge in [-0.15, -0.1) is 11.3 Å². The first-order valence-corrected chi connectivity index (χ1v) is 5.91. The highest BCUT2D eigenvalue weighted by molar-refractivity contribution is 9.10. The van der Waals surface area contributed by atoms with Gasteiger partial charge < -0.3 is 9.84 Å². The summed E-state index contributed by atoms with van der Waals surface area (Å²) in [6.07, 6.45) is 0.651. The van der Waals surface area contributed by atoms with Crippen molar-refractivity contribution in [2.24, 2.45) is 5.92 Å². The van der Waals surface area contributed by atoms with E-state index in [2.05, 4.69) is 27.4 Å². The highest BCUT2D eigenvalue weighted by Crippen LogP contribution is 2.25. The lowest BCUT2D eigenvalue weighted by Gasteiger charge is -2.09. The average Bonchev–Trinajstić information content (AvgIpc) is 2.64. The smallest absolute Gasteiger partial charge is 0.0827 e. The molecule has 0 aliphatic carbocycles. The summed E-state index contributed by atoms with van der Waals surface area (Å²) in [6, 6.07) is 2.11. The molecule has 2 heterocycles. The lowest BCUT2D eigenvalue weighted by Crippen LogP contribution is -2.19. The van der Waals surface area contributed by atoms with Crippen LogP contribution in [0.1, 0.15) is 4.88 Å². The van der Waals surface area contributed by atoms with E-state index >= 15 is 0 Å². The molecule has 1 fully saturated rings. The van der Waals surface area contributed by atoms with E-state index in [1.54, 1.807) is 11.3 Å². The van der Waals surface area contributed by atoms with Gasteiger partial charge in [0.15, 0.2) is 0 Å². The first kappa shape index (κ1) is 9.65. The number of halogens is 1. The summed E-state index contributed by atoms with van der Waals surface area (Å²) in [5.41, 5.74) is 0. The Kier molecular flexibility index (Phi) is 3.03. The third-order valence-electron chi connectivity index (χ3n) is 2.25. The molecule has 0 aromatic carbocycles. The quantitative estimate of drug-likeness (QED) is 0.885. The van der Waals surface area contributed by atoms with Gasteiger partial charge in [0.2, 0.25) is 0 Å². The lowest BCUT2D eigenvalue weighted by atomic mass is 10.0. The summed E-state index contributed by atoms with van der Waals surface area (Å²) in [7, 11) is 0. The highest BCUT2D eigenvalue weighted by Gasteiger charge is 2.26. The van der Waals surface area contributed by atoms with Gasteiger partial charge in [0.05, 0.1) is 19.3 Å². The summed E-state index contributed by atoms with van der Waals surface area (Å²) in [6.45, 7) is 1.19. The molecular weight excluding hydrogens is 252 g/mol. The minimum absolute atomic E-state index is 0.277. The molecule has 2 nitrogen and oxygen atoms in total. The zero-order valence-electron chi connectivity index (χ0n) is 7.07. The first-order valence-electron chi connectivity index (χ1n) is 4.24. The molecule has 1 aliphatic rings. The first-order chi connectivity index (χ1) is 6.25. The van der Waals surface area contributed by atoms with E-state index in [1.807, 2.05) is 0 Å². The Hall–Kier alpha value is 0.1000. The number of ether oxygens (including phenoxy) is 1. The van der Waals surface area contributed by atoms with Crippen LogP contribution in [0.5, 0.6) is 0 Å². The summed E-state index contributed by atoms with van der Waals surface area (Å²) in [5.74, 6) is 0.283. The van der Waals surface area contributed by atoms with E-state index in [-0.39, 0.29) is 12.0 Å². The Balaban J connectivity index is 1.97. The van der Waals surface area contributed by atoms with Gasteiger partial charge in [0, 0.05) is 20.6 Å². The predicted molar refractivity (Wildman–Crippen MR) is 56.0 cm³/mol. The Morgan fingerprint density at radius 3 is 3.00 bits per heavy atom. The van der Waals surface area contributed by atoms with Crippen LogP contribution in [0.3, 0.4) is 0 Å². The fourth-order valence-electron chi connectivity index (χ4n) is 1.50. The molecule has 72 valence electrons.